The minimum atomic E-state index is -0.454. The summed E-state index contributed by atoms with van der Waals surface area (Å²) in [5, 5.41) is 0. The highest BCUT2D eigenvalue weighted by Gasteiger charge is 2.42. The fourth-order valence-corrected chi connectivity index (χ4v) is 2.35. The maximum absolute atomic E-state index is 5.89. The Kier molecular flexibility index (Phi) is 5.54. The van der Waals surface area contributed by atoms with Gasteiger partial charge in [-0.2, -0.15) is 0 Å². The summed E-state index contributed by atoms with van der Waals surface area (Å²) in [5.41, 5.74) is 0.497. The van der Waals surface area contributed by atoms with E-state index in [0.29, 0.717) is 12.4 Å². The van der Waals surface area contributed by atoms with Crippen LogP contribution in [0.3, 0.4) is 0 Å². The highest BCUT2D eigenvalue weighted by Crippen LogP contribution is 2.29. The molecule has 120 valence electrons. The molecule has 1 fully saturated rings. The van der Waals surface area contributed by atoms with Crippen LogP contribution in [0, 0.1) is 0 Å². The Bertz CT molecular complexity index is 514. The Morgan fingerprint density at radius 1 is 1.27 bits per heavy atom. The van der Waals surface area contributed by atoms with Gasteiger partial charge in [0, 0.05) is 12.0 Å². The van der Waals surface area contributed by atoms with Crippen LogP contribution in [0.4, 0.5) is 0 Å². The maximum atomic E-state index is 5.89. The molecular weight excluding hydrogens is 277 g/mol. The van der Waals surface area contributed by atoms with Crippen LogP contribution < -0.4 is 10.2 Å². The van der Waals surface area contributed by atoms with Crippen molar-refractivity contribution in [3.8, 4) is 5.75 Å². The zero-order valence-corrected chi connectivity index (χ0v) is 14.1. The van der Waals surface area contributed by atoms with Crippen LogP contribution in [0.15, 0.2) is 36.6 Å². The molecule has 1 saturated heterocycles. The summed E-state index contributed by atoms with van der Waals surface area (Å²) in [5.74, 6) is 1.50. The second-order valence-corrected chi connectivity index (χ2v) is 5.95. The van der Waals surface area contributed by atoms with Gasteiger partial charge in [-0.05, 0) is 39.1 Å². The molecule has 0 N–H and O–H groups in total. The largest absolute Gasteiger partial charge is 0.563 e. The summed E-state index contributed by atoms with van der Waals surface area (Å²) in [6.45, 7) is 15.8. The zero-order valence-electron chi connectivity index (χ0n) is 14.1. The molecule has 4 nitrogen and oxygen atoms in total. The normalized spacial score (nSPS) is 17.0. The van der Waals surface area contributed by atoms with Crippen LogP contribution >= 0.6 is 0 Å². The summed E-state index contributed by atoms with van der Waals surface area (Å²) in [6, 6.07) is 7.88. The van der Waals surface area contributed by atoms with Crippen molar-refractivity contribution < 1.29 is 14.0 Å². The van der Waals surface area contributed by atoms with E-state index >= 15 is 0 Å². The van der Waals surface area contributed by atoms with Gasteiger partial charge in [-0.15, -0.1) is 0 Å². The Morgan fingerprint density at radius 2 is 2.00 bits per heavy atom. The molecule has 0 spiro atoms. The number of hydrogen-bond acceptors (Lipinski definition) is 4. The number of nitrogens with zero attached hydrogens (tertiary/aromatic N) is 1. The third-order valence-electron chi connectivity index (χ3n) is 4.02. The van der Waals surface area contributed by atoms with Gasteiger partial charge in [0.25, 0.3) is 0 Å². The molecule has 2 rings (SSSR count). The lowest BCUT2D eigenvalue weighted by Crippen LogP contribution is -2.34. The highest BCUT2D eigenvalue weighted by atomic mass is 16.7. The minimum Gasteiger partial charge on any atom is -0.534 e. The van der Waals surface area contributed by atoms with Gasteiger partial charge in [0.05, 0.1) is 5.76 Å². The molecule has 1 aromatic carbocycles. The predicted octanol–water partition coefficient (Wildman–Crippen LogP) is 2.44. The number of ether oxygens (including phenoxy) is 1. The summed E-state index contributed by atoms with van der Waals surface area (Å²) in [4.78, 5) is 2.33. The van der Waals surface area contributed by atoms with Crippen LogP contribution in [-0.4, -0.2) is 43.9 Å². The maximum Gasteiger partial charge on any atom is 0.563 e. The van der Waals surface area contributed by atoms with E-state index in [4.69, 9.17) is 14.0 Å². The summed E-state index contributed by atoms with van der Waals surface area (Å²) in [7, 11) is -0.408. The molecule has 0 atom stereocenters. The Labute approximate surface area is 134 Å². The van der Waals surface area contributed by atoms with Crippen LogP contribution in [0.5, 0.6) is 5.75 Å². The van der Waals surface area contributed by atoms with E-state index in [1.54, 1.807) is 0 Å². The smallest absolute Gasteiger partial charge is 0.534 e. The monoisotopic (exact) mass is 303 g/mol. The van der Waals surface area contributed by atoms with Crippen molar-refractivity contribution in [1.29, 1.82) is 0 Å². The van der Waals surface area contributed by atoms with E-state index in [9.17, 15) is 0 Å². The summed E-state index contributed by atoms with van der Waals surface area (Å²) >= 11 is 0. The van der Waals surface area contributed by atoms with Gasteiger partial charge < -0.3 is 18.9 Å². The summed E-state index contributed by atoms with van der Waals surface area (Å²) in [6.07, 6.45) is 0. The Balaban J connectivity index is 1.95. The van der Waals surface area contributed by atoms with E-state index in [1.165, 1.54) is 0 Å². The van der Waals surface area contributed by atoms with E-state index in [0.717, 1.165) is 30.8 Å². The molecule has 1 heterocycles. The zero-order chi connectivity index (χ0) is 16.2. The molecule has 1 aliphatic rings. The standard InChI is InChI=1S/C17H26BNO3/c1-6-19(7-2)11-12-20-16-10-8-9-15(13-16)18-21-14(3)17(4,5)22-18/h8-10,13H,3,6-7,11-12H2,1-2,4-5H3. The number of benzene rings is 1. The lowest BCUT2D eigenvalue weighted by atomic mass is 9.79. The fraction of sp³-hybridized carbons (Fsp3) is 0.529. The molecule has 0 aromatic heterocycles. The molecule has 0 radical (unpaired) electrons. The van der Waals surface area contributed by atoms with Crippen molar-refractivity contribution >= 4 is 12.6 Å². The van der Waals surface area contributed by atoms with Crippen molar-refractivity contribution in [3.05, 3.63) is 36.6 Å². The van der Waals surface area contributed by atoms with E-state index in [-0.39, 0.29) is 0 Å². The second-order valence-electron chi connectivity index (χ2n) is 5.95. The predicted molar refractivity (Wildman–Crippen MR) is 90.5 cm³/mol. The molecule has 5 heteroatoms. The van der Waals surface area contributed by atoms with Crippen LogP contribution in [0.25, 0.3) is 0 Å². The lowest BCUT2D eigenvalue weighted by molar-refractivity contribution is 0.173. The molecule has 0 unspecified atom stereocenters. The quantitative estimate of drug-likeness (QED) is 0.724. The van der Waals surface area contributed by atoms with Crippen molar-refractivity contribution in [2.75, 3.05) is 26.2 Å². The third-order valence-corrected chi connectivity index (χ3v) is 4.02. The van der Waals surface area contributed by atoms with E-state index in [1.807, 2.05) is 38.1 Å². The number of likely N-dealkylation sites (N-methyl/N-ethyl adjacent to an activating group) is 1. The van der Waals surface area contributed by atoms with Crippen LogP contribution in [0.2, 0.25) is 0 Å². The Morgan fingerprint density at radius 3 is 2.59 bits per heavy atom. The lowest BCUT2D eigenvalue weighted by Gasteiger charge is -2.18. The fourth-order valence-electron chi connectivity index (χ4n) is 2.35. The first kappa shape index (κ1) is 16.9. The second kappa shape index (κ2) is 7.20. The summed E-state index contributed by atoms with van der Waals surface area (Å²) < 4.78 is 17.5. The van der Waals surface area contributed by atoms with Crippen molar-refractivity contribution in [2.45, 2.75) is 33.3 Å². The van der Waals surface area contributed by atoms with Gasteiger partial charge in [0.15, 0.2) is 0 Å². The van der Waals surface area contributed by atoms with E-state index < -0.39 is 12.7 Å². The topological polar surface area (TPSA) is 30.9 Å². The minimum absolute atomic E-state index is 0.408. The molecule has 0 amide bonds. The molecular formula is C17H26BNO3. The van der Waals surface area contributed by atoms with Gasteiger partial charge in [-0.1, -0.05) is 32.6 Å². The first-order chi connectivity index (χ1) is 10.5. The molecule has 22 heavy (non-hydrogen) atoms. The first-order valence-electron chi connectivity index (χ1n) is 7.95. The molecule has 0 aliphatic carbocycles. The number of hydrogen-bond donors (Lipinski definition) is 0. The van der Waals surface area contributed by atoms with Crippen LogP contribution in [-0.2, 0) is 9.31 Å². The Hall–Kier alpha value is -1.46. The van der Waals surface area contributed by atoms with Gasteiger partial charge in [0.1, 0.15) is 18.0 Å². The van der Waals surface area contributed by atoms with Crippen molar-refractivity contribution in [1.82, 2.24) is 4.90 Å². The third kappa shape index (κ3) is 4.05. The van der Waals surface area contributed by atoms with Crippen molar-refractivity contribution in [2.24, 2.45) is 0 Å². The highest BCUT2D eigenvalue weighted by molar-refractivity contribution is 6.62. The number of rotatable bonds is 7. The SMILES string of the molecule is C=C1OB(c2cccc(OCCN(CC)CC)c2)OC1(C)C. The van der Waals surface area contributed by atoms with E-state index in [2.05, 4.69) is 25.3 Å². The van der Waals surface area contributed by atoms with Crippen LogP contribution in [0.1, 0.15) is 27.7 Å². The molecule has 0 bridgehead atoms. The first-order valence-corrected chi connectivity index (χ1v) is 7.95. The van der Waals surface area contributed by atoms with Crippen molar-refractivity contribution in [3.63, 3.8) is 0 Å². The van der Waals surface area contributed by atoms with Gasteiger partial charge in [-0.25, -0.2) is 0 Å². The van der Waals surface area contributed by atoms with Gasteiger partial charge in [0.2, 0.25) is 0 Å². The molecule has 1 aromatic rings. The van der Waals surface area contributed by atoms with Gasteiger partial charge in [-0.3, -0.25) is 0 Å². The molecule has 1 aliphatic heterocycles. The molecule has 0 saturated carbocycles. The van der Waals surface area contributed by atoms with Gasteiger partial charge >= 0.3 is 7.12 Å². The average Bonchev–Trinajstić information content (AvgIpc) is 2.78. The average molecular weight is 303 g/mol.